The molecular weight excluding hydrogens is 230 g/mol. The standard InChI is InChI=1S/C13H23N3O2/c1-9-3-2-4-11(9)13(17)16-7-5-10(6-8-16)12(14)15-18/h9-11,18H,2-8H2,1H3,(H2,14,15). The zero-order valence-corrected chi connectivity index (χ0v) is 11.0. The summed E-state index contributed by atoms with van der Waals surface area (Å²) in [6.07, 6.45) is 5.01. The van der Waals surface area contributed by atoms with E-state index in [1.54, 1.807) is 0 Å². The van der Waals surface area contributed by atoms with Crippen LogP contribution in [0.1, 0.15) is 39.0 Å². The van der Waals surface area contributed by atoms with Gasteiger partial charge in [-0.15, -0.1) is 0 Å². The lowest BCUT2D eigenvalue weighted by Gasteiger charge is -2.33. The molecule has 0 aromatic heterocycles. The van der Waals surface area contributed by atoms with E-state index in [1.165, 1.54) is 12.8 Å². The quantitative estimate of drug-likeness (QED) is 0.338. The van der Waals surface area contributed by atoms with Gasteiger partial charge in [0.2, 0.25) is 5.91 Å². The zero-order chi connectivity index (χ0) is 13.1. The van der Waals surface area contributed by atoms with Crippen molar-refractivity contribution in [3.8, 4) is 0 Å². The van der Waals surface area contributed by atoms with Crippen molar-refractivity contribution in [3.05, 3.63) is 0 Å². The monoisotopic (exact) mass is 253 g/mol. The summed E-state index contributed by atoms with van der Waals surface area (Å²) in [5.74, 6) is 1.50. The molecule has 0 radical (unpaired) electrons. The lowest BCUT2D eigenvalue weighted by Crippen LogP contribution is -2.44. The molecule has 0 bridgehead atoms. The SMILES string of the molecule is CC1CCCC1C(=O)N1CCC(C(N)=NO)CC1. The number of piperidine rings is 1. The van der Waals surface area contributed by atoms with E-state index < -0.39 is 0 Å². The number of hydrogen-bond acceptors (Lipinski definition) is 3. The second-order valence-electron chi connectivity index (χ2n) is 5.64. The Bertz CT molecular complexity index is 335. The van der Waals surface area contributed by atoms with Gasteiger partial charge in [-0.1, -0.05) is 18.5 Å². The van der Waals surface area contributed by atoms with Crippen LogP contribution in [0.25, 0.3) is 0 Å². The van der Waals surface area contributed by atoms with E-state index in [4.69, 9.17) is 10.9 Å². The van der Waals surface area contributed by atoms with E-state index in [1.807, 2.05) is 4.90 Å². The molecule has 0 aromatic carbocycles. The van der Waals surface area contributed by atoms with Gasteiger partial charge in [0.15, 0.2) is 0 Å². The predicted octanol–water partition coefficient (Wildman–Crippen LogP) is 1.41. The van der Waals surface area contributed by atoms with Gasteiger partial charge < -0.3 is 15.8 Å². The average Bonchev–Trinajstić information content (AvgIpc) is 2.83. The van der Waals surface area contributed by atoms with Gasteiger partial charge in [-0.2, -0.15) is 0 Å². The van der Waals surface area contributed by atoms with Gasteiger partial charge in [0.05, 0.1) is 0 Å². The topological polar surface area (TPSA) is 78.9 Å². The van der Waals surface area contributed by atoms with Crippen LogP contribution in [0, 0.1) is 17.8 Å². The number of carbonyl (C=O) groups excluding carboxylic acids is 1. The molecule has 1 aliphatic carbocycles. The number of nitrogens with zero attached hydrogens (tertiary/aromatic N) is 2. The summed E-state index contributed by atoms with van der Waals surface area (Å²) in [6.45, 7) is 3.66. The summed E-state index contributed by atoms with van der Waals surface area (Å²) in [6, 6.07) is 0. The molecule has 2 unspecified atom stereocenters. The maximum atomic E-state index is 12.4. The van der Waals surface area contributed by atoms with E-state index in [2.05, 4.69) is 12.1 Å². The van der Waals surface area contributed by atoms with Crippen LogP contribution in [0.2, 0.25) is 0 Å². The largest absolute Gasteiger partial charge is 0.409 e. The molecule has 3 N–H and O–H groups in total. The molecule has 18 heavy (non-hydrogen) atoms. The van der Waals surface area contributed by atoms with Crippen LogP contribution in [0.4, 0.5) is 0 Å². The molecule has 2 rings (SSSR count). The number of nitrogens with two attached hydrogens (primary N) is 1. The lowest BCUT2D eigenvalue weighted by atomic mass is 9.92. The van der Waals surface area contributed by atoms with Crippen LogP contribution in [0.3, 0.4) is 0 Å². The van der Waals surface area contributed by atoms with Gasteiger partial charge in [0.25, 0.3) is 0 Å². The Balaban J connectivity index is 1.88. The molecular formula is C13H23N3O2. The molecule has 5 nitrogen and oxygen atoms in total. The fourth-order valence-electron chi connectivity index (χ4n) is 3.22. The normalized spacial score (nSPS) is 30.7. The minimum Gasteiger partial charge on any atom is -0.409 e. The van der Waals surface area contributed by atoms with Crippen molar-refractivity contribution < 1.29 is 10.0 Å². The first-order chi connectivity index (χ1) is 8.63. The maximum Gasteiger partial charge on any atom is 0.225 e. The average molecular weight is 253 g/mol. The minimum absolute atomic E-state index is 0.125. The lowest BCUT2D eigenvalue weighted by molar-refractivity contribution is -0.137. The fraction of sp³-hybridized carbons (Fsp3) is 0.846. The van der Waals surface area contributed by atoms with Crippen LogP contribution in [-0.2, 0) is 4.79 Å². The summed E-state index contributed by atoms with van der Waals surface area (Å²) < 4.78 is 0. The smallest absolute Gasteiger partial charge is 0.225 e. The molecule has 1 saturated heterocycles. The molecule has 5 heteroatoms. The highest BCUT2D eigenvalue weighted by Gasteiger charge is 2.34. The summed E-state index contributed by atoms with van der Waals surface area (Å²) in [4.78, 5) is 14.3. The Morgan fingerprint density at radius 2 is 1.94 bits per heavy atom. The molecule has 2 aliphatic rings. The molecule has 0 spiro atoms. The van der Waals surface area contributed by atoms with E-state index in [9.17, 15) is 4.79 Å². The number of carbonyl (C=O) groups is 1. The number of likely N-dealkylation sites (tertiary alicyclic amines) is 1. The zero-order valence-electron chi connectivity index (χ0n) is 11.0. The summed E-state index contributed by atoms with van der Waals surface area (Å²) in [7, 11) is 0. The summed E-state index contributed by atoms with van der Waals surface area (Å²) >= 11 is 0. The van der Waals surface area contributed by atoms with Crippen molar-refractivity contribution in [2.45, 2.75) is 39.0 Å². The maximum absolute atomic E-state index is 12.4. The Morgan fingerprint density at radius 1 is 1.28 bits per heavy atom. The Hall–Kier alpha value is -1.26. The molecule has 1 aliphatic heterocycles. The van der Waals surface area contributed by atoms with Gasteiger partial charge in [0, 0.05) is 24.9 Å². The Morgan fingerprint density at radius 3 is 2.44 bits per heavy atom. The van der Waals surface area contributed by atoms with Crippen LogP contribution in [0.5, 0.6) is 0 Å². The van der Waals surface area contributed by atoms with Gasteiger partial charge in [-0.25, -0.2) is 0 Å². The molecule has 2 fully saturated rings. The summed E-state index contributed by atoms with van der Waals surface area (Å²) in [5, 5.41) is 11.7. The van der Waals surface area contributed by atoms with Crippen molar-refractivity contribution in [2.75, 3.05) is 13.1 Å². The highest BCUT2D eigenvalue weighted by molar-refractivity contribution is 5.83. The second kappa shape index (κ2) is 5.59. The highest BCUT2D eigenvalue weighted by Crippen LogP contribution is 2.33. The van der Waals surface area contributed by atoms with Gasteiger partial charge >= 0.3 is 0 Å². The van der Waals surface area contributed by atoms with Gasteiger partial charge in [-0.05, 0) is 31.6 Å². The molecule has 1 heterocycles. The minimum atomic E-state index is 0.125. The predicted molar refractivity (Wildman–Crippen MR) is 69.2 cm³/mol. The Labute approximate surface area is 108 Å². The van der Waals surface area contributed by atoms with Crippen LogP contribution in [0.15, 0.2) is 5.16 Å². The number of amidine groups is 1. The van der Waals surface area contributed by atoms with Crippen LogP contribution < -0.4 is 5.73 Å². The van der Waals surface area contributed by atoms with Crippen molar-refractivity contribution in [1.29, 1.82) is 0 Å². The first-order valence-electron chi connectivity index (χ1n) is 6.89. The van der Waals surface area contributed by atoms with Crippen molar-refractivity contribution in [3.63, 3.8) is 0 Å². The molecule has 0 aromatic rings. The third kappa shape index (κ3) is 2.60. The second-order valence-corrected chi connectivity index (χ2v) is 5.64. The van der Waals surface area contributed by atoms with Crippen LogP contribution >= 0.6 is 0 Å². The third-order valence-electron chi connectivity index (χ3n) is 4.52. The molecule has 102 valence electrons. The number of hydrogen-bond donors (Lipinski definition) is 2. The Kier molecular flexibility index (Phi) is 4.09. The molecule has 1 amide bonds. The van der Waals surface area contributed by atoms with E-state index in [0.29, 0.717) is 17.7 Å². The summed E-state index contributed by atoms with van der Waals surface area (Å²) in [5.41, 5.74) is 5.61. The number of oxime groups is 1. The third-order valence-corrected chi connectivity index (χ3v) is 4.52. The van der Waals surface area contributed by atoms with E-state index in [0.717, 1.165) is 32.4 Å². The van der Waals surface area contributed by atoms with E-state index >= 15 is 0 Å². The van der Waals surface area contributed by atoms with Gasteiger partial charge in [0.1, 0.15) is 5.84 Å². The van der Waals surface area contributed by atoms with Crippen molar-refractivity contribution in [1.82, 2.24) is 4.90 Å². The fourth-order valence-corrected chi connectivity index (χ4v) is 3.22. The molecule has 1 saturated carbocycles. The molecule has 2 atom stereocenters. The number of rotatable bonds is 2. The van der Waals surface area contributed by atoms with Crippen molar-refractivity contribution >= 4 is 11.7 Å². The highest BCUT2D eigenvalue weighted by atomic mass is 16.4. The number of amides is 1. The first kappa shape index (κ1) is 13.2. The van der Waals surface area contributed by atoms with Crippen LogP contribution in [-0.4, -0.2) is 34.9 Å². The van der Waals surface area contributed by atoms with Crippen molar-refractivity contribution in [2.24, 2.45) is 28.6 Å². The van der Waals surface area contributed by atoms with E-state index in [-0.39, 0.29) is 11.8 Å². The van der Waals surface area contributed by atoms with Gasteiger partial charge in [-0.3, -0.25) is 4.79 Å². The first-order valence-corrected chi connectivity index (χ1v) is 6.89.